The molecule has 1 aliphatic carbocycles. The number of pyridine rings is 1. The molecule has 0 spiro atoms. The molecule has 2 aromatic rings. The van der Waals surface area contributed by atoms with Gasteiger partial charge in [-0.1, -0.05) is 37.1 Å². The molecule has 0 radical (unpaired) electrons. The van der Waals surface area contributed by atoms with Crippen molar-refractivity contribution in [3.05, 3.63) is 42.1 Å². The fourth-order valence-corrected chi connectivity index (χ4v) is 4.33. The summed E-state index contributed by atoms with van der Waals surface area (Å²) in [5.74, 6) is 6.80. The van der Waals surface area contributed by atoms with Crippen LogP contribution in [0.25, 0.3) is 10.9 Å². The van der Waals surface area contributed by atoms with E-state index < -0.39 is 0 Å². The molecular weight excluding hydrogens is 266 g/mol. The van der Waals surface area contributed by atoms with Gasteiger partial charge in [-0.25, -0.2) is 0 Å². The number of hydrogen-bond acceptors (Lipinski definition) is 4. The second-order valence-corrected chi connectivity index (χ2v) is 6.71. The molecule has 1 saturated carbocycles. The predicted octanol–water partition coefficient (Wildman–Crippen LogP) is 3.42. The molecule has 3 nitrogen and oxygen atoms in total. The molecule has 0 aliphatic heterocycles. The number of para-hydroxylation sites is 1. The number of rotatable bonds is 5. The van der Waals surface area contributed by atoms with Crippen LogP contribution in [-0.2, 0) is 0 Å². The van der Waals surface area contributed by atoms with Crippen molar-refractivity contribution in [2.45, 2.75) is 37.0 Å². The highest BCUT2D eigenvalue weighted by molar-refractivity contribution is 7.99. The lowest BCUT2D eigenvalue weighted by Crippen LogP contribution is -2.30. The zero-order valence-corrected chi connectivity index (χ0v) is 12.4. The molecule has 20 heavy (non-hydrogen) atoms. The number of fused-ring (bicyclic) bond motifs is 1. The first-order valence-electron chi connectivity index (χ1n) is 7.30. The lowest BCUT2D eigenvalue weighted by molar-refractivity contribution is 0.612. The fraction of sp³-hybridized carbons (Fsp3) is 0.438. The van der Waals surface area contributed by atoms with E-state index in [1.807, 2.05) is 24.0 Å². The first-order valence-corrected chi connectivity index (χ1v) is 8.35. The molecule has 1 heterocycles. The van der Waals surface area contributed by atoms with Crippen molar-refractivity contribution in [2.24, 2.45) is 5.84 Å². The predicted molar refractivity (Wildman–Crippen MR) is 86.5 cm³/mol. The summed E-state index contributed by atoms with van der Waals surface area (Å²) in [6, 6.07) is 10.6. The topological polar surface area (TPSA) is 50.9 Å². The van der Waals surface area contributed by atoms with E-state index in [1.54, 1.807) is 0 Å². The smallest absolute Gasteiger partial charge is 0.0750 e. The number of aromatic nitrogens is 1. The van der Waals surface area contributed by atoms with Crippen molar-refractivity contribution < 1.29 is 0 Å². The summed E-state index contributed by atoms with van der Waals surface area (Å²) in [4.78, 5) is 4.52. The number of thioether (sulfide) groups is 1. The van der Waals surface area contributed by atoms with Crippen molar-refractivity contribution in [1.82, 2.24) is 10.4 Å². The lowest BCUT2D eigenvalue weighted by atomic mass is 10.0. The van der Waals surface area contributed by atoms with Crippen LogP contribution in [0.4, 0.5) is 0 Å². The second-order valence-electron chi connectivity index (χ2n) is 5.38. The van der Waals surface area contributed by atoms with Crippen molar-refractivity contribution in [3.8, 4) is 0 Å². The summed E-state index contributed by atoms with van der Waals surface area (Å²) < 4.78 is 0. The Morgan fingerprint density at radius 2 is 2.05 bits per heavy atom. The second kappa shape index (κ2) is 6.57. The average Bonchev–Trinajstić information content (AvgIpc) is 3.01. The fourth-order valence-electron chi connectivity index (χ4n) is 2.92. The molecule has 1 fully saturated rings. The van der Waals surface area contributed by atoms with Gasteiger partial charge in [0.25, 0.3) is 0 Å². The molecule has 3 N–H and O–H groups in total. The van der Waals surface area contributed by atoms with Gasteiger partial charge < -0.3 is 0 Å². The summed E-state index contributed by atoms with van der Waals surface area (Å²) in [5, 5.41) is 1.99. The van der Waals surface area contributed by atoms with Gasteiger partial charge in [-0.3, -0.25) is 16.3 Å². The average molecular weight is 287 g/mol. The highest BCUT2D eigenvalue weighted by Gasteiger charge is 2.19. The van der Waals surface area contributed by atoms with E-state index in [9.17, 15) is 0 Å². The Labute approximate surface area is 124 Å². The van der Waals surface area contributed by atoms with Gasteiger partial charge >= 0.3 is 0 Å². The number of hydrogen-bond donors (Lipinski definition) is 2. The molecule has 1 aliphatic rings. The Morgan fingerprint density at radius 3 is 2.85 bits per heavy atom. The van der Waals surface area contributed by atoms with Crippen LogP contribution >= 0.6 is 11.8 Å². The number of benzene rings is 1. The molecule has 106 valence electrons. The van der Waals surface area contributed by atoms with Gasteiger partial charge in [0.1, 0.15) is 0 Å². The van der Waals surface area contributed by atoms with Crippen LogP contribution in [0.3, 0.4) is 0 Å². The van der Waals surface area contributed by atoms with E-state index in [4.69, 9.17) is 5.84 Å². The Balaban J connectivity index is 1.79. The molecule has 0 saturated heterocycles. The van der Waals surface area contributed by atoms with Gasteiger partial charge in [0.05, 0.1) is 11.6 Å². The highest BCUT2D eigenvalue weighted by atomic mass is 32.2. The lowest BCUT2D eigenvalue weighted by Gasteiger charge is -2.19. The van der Waals surface area contributed by atoms with Crippen LogP contribution in [0.1, 0.15) is 37.3 Å². The van der Waals surface area contributed by atoms with Gasteiger partial charge in [-0.2, -0.15) is 11.8 Å². The standard InChI is InChI=1S/C16H21N3S/c17-19-15(11-20-13-7-1-2-8-13)14-9-3-5-12-6-4-10-18-16(12)14/h3-6,9-10,13,15,19H,1-2,7-8,11,17H2. The van der Waals surface area contributed by atoms with Gasteiger partial charge in [-0.15, -0.1) is 0 Å². The number of hydrazine groups is 1. The van der Waals surface area contributed by atoms with Gasteiger partial charge in [0.2, 0.25) is 0 Å². The van der Waals surface area contributed by atoms with Gasteiger partial charge in [-0.05, 0) is 24.5 Å². The van der Waals surface area contributed by atoms with E-state index in [1.165, 1.54) is 36.6 Å². The monoisotopic (exact) mass is 287 g/mol. The maximum Gasteiger partial charge on any atom is 0.0750 e. The van der Waals surface area contributed by atoms with Crippen LogP contribution in [-0.4, -0.2) is 16.0 Å². The van der Waals surface area contributed by atoms with E-state index in [0.29, 0.717) is 0 Å². The summed E-state index contributed by atoms with van der Waals surface area (Å²) in [6.07, 6.45) is 7.33. The first kappa shape index (κ1) is 13.9. The summed E-state index contributed by atoms with van der Waals surface area (Å²) in [6.45, 7) is 0. The normalized spacial score (nSPS) is 17.6. The summed E-state index contributed by atoms with van der Waals surface area (Å²) in [5.41, 5.74) is 5.24. The minimum Gasteiger partial charge on any atom is -0.271 e. The minimum absolute atomic E-state index is 0.166. The van der Waals surface area contributed by atoms with Crippen molar-refractivity contribution in [1.29, 1.82) is 0 Å². The third-order valence-electron chi connectivity index (χ3n) is 4.04. The molecule has 0 bridgehead atoms. The maximum atomic E-state index is 5.79. The van der Waals surface area contributed by atoms with Crippen LogP contribution in [0.5, 0.6) is 0 Å². The SMILES string of the molecule is NNC(CSC1CCCC1)c1cccc2cccnc12. The molecule has 0 amide bonds. The molecule has 1 aromatic heterocycles. The van der Waals surface area contributed by atoms with Crippen molar-refractivity contribution >= 4 is 22.7 Å². The van der Waals surface area contributed by atoms with Crippen LogP contribution in [0.15, 0.2) is 36.5 Å². The van der Waals surface area contributed by atoms with E-state index >= 15 is 0 Å². The van der Waals surface area contributed by atoms with Crippen molar-refractivity contribution in [2.75, 3.05) is 5.75 Å². The Bertz CT molecular complexity index is 561. The zero-order chi connectivity index (χ0) is 13.8. The third kappa shape index (κ3) is 2.97. The van der Waals surface area contributed by atoms with Crippen LogP contribution in [0, 0.1) is 0 Å². The Hall–Kier alpha value is -1.10. The molecule has 4 heteroatoms. The largest absolute Gasteiger partial charge is 0.271 e. The molecule has 1 unspecified atom stereocenters. The Kier molecular flexibility index (Phi) is 4.55. The maximum absolute atomic E-state index is 5.79. The molecule has 1 aromatic carbocycles. The van der Waals surface area contributed by atoms with Crippen LogP contribution in [0.2, 0.25) is 0 Å². The number of nitrogens with zero attached hydrogens (tertiary/aromatic N) is 1. The van der Waals surface area contributed by atoms with E-state index in [2.05, 4.69) is 34.7 Å². The minimum atomic E-state index is 0.166. The molecule has 3 rings (SSSR count). The third-order valence-corrected chi connectivity index (χ3v) is 5.51. The zero-order valence-electron chi connectivity index (χ0n) is 11.6. The number of nitrogens with two attached hydrogens (primary N) is 1. The number of nitrogens with one attached hydrogen (secondary N) is 1. The highest BCUT2D eigenvalue weighted by Crippen LogP contribution is 2.33. The quantitative estimate of drug-likeness (QED) is 0.653. The van der Waals surface area contributed by atoms with Gasteiger partial charge in [0.15, 0.2) is 0 Å². The first-order chi connectivity index (χ1) is 9.88. The van der Waals surface area contributed by atoms with Crippen LogP contribution < -0.4 is 11.3 Å². The molecular formula is C16H21N3S. The summed E-state index contributed by atoms with van der Waals surface area (Å²) >= 11 is 2.05. The van der Waals surface area contributed by atoms with Gasteiger partial charge in [0, 0.05) is 22.6 Å². The van der Waals surface area contributed by atoms with E-state index in [-0.39, 0.29) is 6.04 Å². The molecule has 1 atom stereocenters. The summed E-state index contributed by atoms with van der Waals surface area (Å²) in [7, 11) is 0. The Morgan fingerprint density at radius 1 is 1.25 bits per heavy atom. The van der Waals surface area contributed by atoms with Crippen molar-refractivity contribution in [3.63, 3.8) is 0 Å². The van der Waals surface area contributed by atoms with E-state index in [0.717, 1.165) is 16.5 Å².